The predicted molar refractivity (Wildman–Crippen MR) is 86.3 cm³/mol. The molecule has 3 N–H and O–H groups in total. The summed E-state index contributed by atoms with van der Waals surface area (Å²) in [4.78, 5) is 4.68. The first-order chi connectivity index (χ1) is 9.74. The molecule has 108 valence electrons. The lowest BCUT2D eigenvalue weighted by molar-refractivity contribution is 0.340. The van der Waals surface area contributed by atoms with E-state index in [9.17, 15) is 0 Å². The average Bonchev–Trinajstić information content (AvgIpc) is 2.48. The molecule has 5 heteroatoms. The Labute approximate surface area is 128 Å². The molecule has 0 amide bonds. The third-order valence-electron chi connectivity index (χ3n) is 4.20. The summed E-state index contributed by atoms with van der Waals surface area (Å²) in [5, 5.41) is 10.3. The third kappa shape index (κ3) is 3.15. The summed E-state index contributed by atoms with van der Waals surface area (Å²) in [5.74, 6) is 0.924. The third-order valence-corrected chi connectivity index (χ3v) is 4.69. The Kier molecular flexibility index (Phi) is 4.27. The van der Waals surface area contributed by atoms with Crippen molar-refractivity contribution in [2.24, 2.45) is 4.99 Å². The Morgan fingerprint density at radius 2 is 1.95 bits per heavy atom. The van der Waals surface area contributed by atoms with E-state index >= 15 is 0 Å². The van der Waals surface area contributed by atoms with Gasteiger partial charge in [0.1, 0.15) is 0 Å². The van der Waals surface area contributed by atoms with E-state index in [0.717, 1.165) is 22.7 Å². The van der Waals surface area contributed by atoms with E-state index in [1.54, 1.807) is 0 Å². The number of rotatable bonds is 2. The molecule has 1 aliphatic carbocycles. The standard InChI is InChI=1S/C15H21BrN4/c1-17-12-3-5-13(6-4-12)19-15-18-9-10-8-11(16)2-7-14(10)20-15/h2,7-8,12-13,17H,3-6,9H2,1H3,(H2,18,19,20)/t12-,13-. The highest BCUT2D eigenvalue weighted by molar-refractivity contribution is 9.10. The molecule has 20 heavy (non-hydrogen) atoms. The highest BCUT2D eigenvalue weighted by Gasteiger charge is 2.21. The van der Waals surface area contributed by atoms with E-state index in [-0.39, 0.29) is 0 Å². The molecular formula is C15H21BrN4. The second kappa shape index (κ2) is 6.14. The zero-order valence-corrected chi connectivity index (χ0v) is 13.3. The molecule has 4 nitrogen and oxygen atoms in total. The molecule has 0 atom stereocenters. The Morgan fingerprint density at radius 3 is 2.70 bits per heavy atom. The largest absolute Gasteiger partial charge is 0.353 e. The summed E-state index contributed by atoms with van der Waals surface area (Å²) in [6, 6.07) is 7.47. The van der Waals surface area contributed by atoms with Gasteiger partial charge in [-0.3, -0.25) is 0 Å². The fourth-order valence-corrected chi connectivity index (χ4v) is 3.36. The van der Waals surface area contributed by atoms with Gasteiger partial charge in [0.25, 0.3) is 0 Å². The number of guanidine groups is 1. The molecule has 1 saturated carbocycles. The lowest BCUT2D eigenvalue weighted by atomic mass is 9.91. The first kappa shape index (κ1) is 13.9. The van der Waals surface area contributed by atoms with Gasteiger partial charge in [0.2, 0.25) is 0 Å². The van der Waals surface area contributed by atoms with Gasteiger partial charge in [-0.25, -0.2) is 4.99 Å². The monoisotopic (exact) mass is 336 g/mol. The second-order valence-corrected chi connectivity index (χ2v) is 6.48. The van der Waals surface area contributed by atoms with E-state index in [1.807, 2.05) is 6.07 Å². The maximum atomic E-state index is 4.68. The summed E-state index contributed by atoms with van der Waals surface area (Å²) in [7, 11) is 2.06. The summed E-state index contributed by atoms with van der Waals surface area (Å²) >= 11 is 3.50. The van der Waals surface area contributed by atoms with Gasteiger partial charge >= 0.3 is 0 Å². The molecule has 1 aromatic rings. The Hall–Kier alpha value is -1.07. The van der Waals surface area contributed by atoms with Crippen LogP contribution in [-0.2, 0) is 6.54 Å². The van der Waals surface area contributed by atoms with Crippen LogP contribution in [0.1, 0.15) is 31.2 Å². The van der Waals surface area contributed by atoms with Gasteiger partial charge < -0.3 is 16.0 Å². The van der Waals surface area contributed by atoms with Crippen LogP contribution in [0.5, 0.6) is 0 Å². The second-order valence-electron chi connectivity index (χ2n) is 5.57. The summed E-state index contributed by atoms with van der Waals surface area (Å²) in [5.41, 5.74) is 2.31. The molecule has 1 aliphatic heterocycles. The number of aliphatic imine (C=N–C) groups is 1. The molecule has 0 saturated heterocycles. The summed E-state index contributed by atoms with van der Waals surface area (Å²) in [6.07, 6.45) is 4.90. The normalized spacial score (nSPS) is 25.4. The van der Waals surface area contributed by atoms with Crippen molar-refractivity contribution in [2.45, 2.75) is 44.3 Å². The van der Waals surface area contributed by atoms with E-state index in [2.05, 4.69) is 56.1 Å². The quantitative estimate of drug-likeness (QED) is 0.778. The van der Waals surface area contributed by atoms with Gasteiger partial charge in [-0.15, -0.1) is 0 Å². The number of nitrogens with one attached hydrogen (secondary N) is 3. The molecule has 1 fully saturated rings. The van der Waals surface area contributed by atoms with E-state index in [4.69, 9.17) is 0 Å². The number of fused-ring (bicyclic) bond motifs is 1. The first-order valence-corrected chi connectivity index (χ1v) is 8.08. The molecule has 0 spiro atoms. The van der Waals surface area contributed by atoms with Crippen LogP contribution >= 0.6 is 15.9 Å². The van der Waals surface area contributed by atoms with Crippen LogP contribution in [0.3, 0.4) is 0 Å². The number of nitrogens with zero attached hydrogens (tertiary/aromatic N) is 1. The lowest BCUT2D eigenvalue weighted by Crippen LogP contribution is -2.47. The lowest BCUT2D eigenvalue weighted by Gasteiger charge is -2.30. The molecule has 0 radical (unpaired) electrons. The minimum atomic E-state index is 0.544. The van der Waals surface area contributed by atoms with Crippen molar-refractivity contribution in [3.63, 3.8) is 0 Å². The maximum Gasteiger partial charge on any atom is 0.197 e. The number of hydrogen-bond donors (Lipinski definition) is 3. The molecule has 0 bridgehead atoms. The fourth-order valence-electron chi connectivity index (χ4n) is 2.95. The van der Waals surface area contributed by atoms with Crippen LogP contribution in [-0.4, -0.2) is 25.1 Å². The predicted octanol–water partition coefficient (Wildman–Crippen LogP) is 2.66. The number of hydrogen-bond acceptors (Lipinski definition) is 4. The van der Waals surface area contributed by atoms with Crippen molar-refractivity contribution >= 4 is 27.6 Å². The van der Waals surface area contributed by atoms with Crippen molar-refractivity contribution in [2.75, 3.05) is 7.05 Å². The van der Waals surface area contributed by atoms with Gasteiger partial charge in [-0.2, -0.15) is 0 Å². The van der Waals surface area contributed by atoms with Gasteiger partial charge in [-0.05, 0) is 56.5 Å². The smallest absolute Gasteiger partial charge is 0.197 e. The van der Waals surface area contributed by atoms with Crippen molar-refractivity contribution in [1.29, 1.82) is 0 Å². The number of halogens is 1. The van der Waals surface area contributed by atoms with E-state index in [1.165, 1.54) is 31.2 Å². The van der Waals surface area contributed by atoms with Gasteiger partial charge in [0.05, 0.1) is 5.69 Å². The summed E-state index contributed by atoms with van der Waals surface area (Å²) in [6.45, 7) is 0.840. The number of benzene rings is 1. The topological polar surface area (TPSA) is 48.5 Å². The zero-order chi connectivity index (χ0) is 13.9. The molecule has 1 heterocycles. The zero-order valence-electron chi connectivity index (χ0n) is 11.7. The molecular weight excluding hydrogens is 316 g/mol. The van der Waals surface area contributed by atoms with Crippen LogP contribution in [0.2, 0.25) is 0 Å². The van der Waals surface area contributed by atoms with Crippen molar-refractivity contribution in [3.8, 4) is 0 Å². The van der Waals surface area contributed by atoms with Gasteiger partial charge in [0.15, 0.2) is 5.96 Å². The molecule has 0 aromatic heterocycles. The highest BCUT2D eigenvalue weighted by atomic mass is 79.9. The van der Waals surface area contributed by atoms with Crippen LogP contribution in [0, 0.1) is 0 Å². The molecule has 1 aromatic carbocycles. The maximum absolute atomic E-state index is 4.68. The van der Waals surface area contributed by atoms with Gasteiger partial charge in [-0.1, -0.05) is 15.9 Å². The minimum absolute atomic E-state index is 0.544. The van der Waals surface area contributed by atoms with Crippen LogP contribution in [0.15, 0.2) is 27.7 Å². The molecule has 0 unspecified atom stereocenters. The fraction of sp³-hybridized carbons (Fsp3) is 0.533. The summed E-state index contributed by atoms with van der Waals surface area (Å²) < 4.78 is 1.11. The van der Waals surface area contributed by atoms with Crippen molar-refractivity contribution < 1.29 is 0 Å². The van der Waals surface area contributed by atoms with Gasteiger partial charge in [0, 0.05) is 23.1 Å². The Bertz CT molecular complexity index is 507. The SMILES string of the molecule is CN[C@H]1CC[C@H](NC2=Nc3ccc(Br)cc3CN2)CC1. The van der Waals surface area contributed by atoms with E-state index < -0.39 is 0 Å². The Morgan fingerprint density at radius 1 is 1.20 bits per heavy atom. The molecule has 3 rings (SSSR count). The highest BCUT2D eigenvalue weighted by Crippen LogP contribution is 2.26. The van der Waals surface area contributed by atoms with Crippen LogP contribution in [0.4, 0.5) is 5.69 Å². The van der Waals surface area contributed by atoms with Crippen molar-refractivity contribution in [1.82, 2.24) is 16.0 Å². The average molecular weight is 337 g/mol. The van der Waals surface area contributed by atoms with Crippen molar-refractivity contribution in [3.05, 3.63) is 28.2 Å². The van der Waals surface area contributed by atoms with Crippen LogP contribution < -0.4 is 16.0 Å². The van der Waals surface area contributed by atoms with Crippen LogP contribution in [0.25, 0.3) is 0 Å². The molecule has 2 aliphatic rings. The van der Waals surface area contributed by atoms with E-state index in [0.29, 0.717) is 12.1 Å². The minimum Gasteiger partial charge on any atom is -0.353 e. The Balaban J connectivity index is 1.63. The first-order valence-electron chi connectivity index (χ1n) is 7.29.